The molecule has 2 aromatic carbocycles. The molecule has 0 radical (unpaired) electrons. The summed E-state index contributed by atoms with van der Waals surface area (Å²) in [6, 6.07) is 14.1. The fourth-order valence-electron chi connectivity index (χ4n) is 3.75. The molecule has 4 rings (SSSR count). The minimum Gasteiger partial charge on any atom is -0.495 e. The Kier molecular flexibility index (Phi) is 4.73. The van der Waals surface area contributed by atoms with E-state index in [2.05, 4.69) is 5.32 Å². The lowest BCUT2D eigenvalue weighted by atomic mass is 9.95. The Morgan fingerprint density at radius 2 is 1.82 bits per heavy atom. The van der Waals surface area contributed by atoms with E-state index in [1.54, 1.807) is 23.1 Å². The maximum Gasteiger partial charge on any atom is 0.327 e. The summed E-state index contributed by atoms with van der Waals surface area (Å²) in [5, 5.41) is 2.77. The van der Waals surface area contributed by atoms with Gasteiger partial charge in [0.25, 0.3) is 5.91 Å². The summed E-state index contributed by atoms with van der Waals surface area (Å²) in [5.74, 6) is 0.0434. The average Bonchev–Trinajstić information content (AvgIpc) is 2.95. The van der Waals surface area contributed by atoms with Gasteiger partial charge in [-0.2, -0.15) is 0 Å². The molecule has 0 unspecified atom stereocenters. The molecule has 1 fully saturated rings. The molecule has 4 amide bonds. The summed E-state index contributed by atoms with van der Waals surface area (Å²) in [5.41, 5.74) is 2.72. The van der Waals surface area contributed by atoms with Crippen molar-refractivity contribution in [2.75, 3.05) is 19.0 Å². The molecule has 0 spiro atoms. The first-order valence-electron chi connectivity index (χ1n) is 9.20. The second-order valence-corrected chi connectivity index (χ2v) is 6.89. The molecule has 1 atom stereocenters. The highest BCUT2D eigenvalue weighted by atomic mass is 16.5. The van der Waals surface area contributed by atoms with Crippen LogP contribution in [0.4, 0.5) is 10.5 Å². The number of carbonyl (C=O) groups excluding carboxylic acids is 3. The standard InChI is InChI=1S/C21H21N3O4/c1-28-18-9-5-4-8-16(18)22-19(25)10-11-23-20(26)17-12-14-6-2-3-7-15(14)13-24(17)21(23)27/h2-9,17H,10-13H2,1H3,(H,22,25)/t17-/m0/s1. The zero-order valence-electron chi connectivity index (χ0n) is 15.6. The fraction of sp³-hybridized carbons (Fsp3) is 0.286. The molecule has 7 nitrogen and oxygen atoms in total. The Hall–Kier alpha value is -3.35. The second-order valence-electron chi connectivity index (χ2n) is 6.89. The number of ether oxygens (including phenoxy) is 1. The number of imide groups is 1. The van der Waals surface area contributed by atoms with Crippen LogP contribution >= 0.6 is 0 Å². The van der Waals surface area contributed by atoms with Crippen LogP contribution in [0.1, 0.15) is 17.5 Å². The van der Waals surface area contributed by atoms with Crippen molar-refractivity contribution in [2.24, 2.45) is 0 Å². The highest BCUT2D eigenvalue weighted by molar-refractivity contribution is 6.05. The zero-order chi connectivity index (χ0) is 19.7. The topological polar surface area (TPSA) is 79.0 Å². The summed E-state index contributed by atoms with van der Waals surface area (Å²) in [6.45, 7) is 0.483. The molecule has 0 aromatic heterocycles. The van der Waals surface area contributed by atoms with E-state index >= 15 is 0 Å². The summed E-state index contributed by atoms with van der Waals surface area (Å²) < 4.78 is 5.21. The van der Waals surface area contributed by atoms with Gasteiger partial charge in [0.2, 0.25) is 5.91 Å². The van der Waals surface area contributed by atoms with Crippen molar-refractivity contribution in [3.63, 3.8) is 0 Å². The van der Waals surface area contributed by atoms with Gasteiger partial charge < -0.3 is 15.0 Å². The minimum absolute atomic E-state index is 0.0308. The molecule has 2 aliphatic rings. The lowest BCUT2D eigenvalue weighted by Gasteiger charge is -2.28. The van der Waals surface area contributed by atoms with Crippen molar-refractivity contribution >= 4 is 23.5 Å². The molecule has 2 aliphatic heterocycles. The van der Waals surface area contributed by atoms with Crippen molar-refractivity contribution in [2.45, 2.75) is 25.4 Å². The van der Waals surface area contributed by atoms with Crippen LogP contribution in [0.5, 0.6) is 5.75 Å². The third kappa shape index (κ3) is 3.19. The molecular formula is C21H21N3O4. The van der Waals surface area contributed by atoms with E-state index in [9.17, 15) is 14.4 Å². The zero-order valence-corrected chi connectivity index (χ0v) is 15.6. The number of nitrogens with zero attached hydrogens (tertiary/aromatic N) is 2. The molecular weight excluding hydrogens is 358 g/mol. The van der Waals surface area contributed by atoms with Gasteiger partial charge in [-0.15, -0.1) is 0 Å². The van der Waals surface area contributed by atoms with Crippen molar-refractivity contribution in [1.82, 2.24) is 9.80 Å². The van der Waals surface area contributed by atoms with Gasteiger partial charge in [-0.25, -0.2) is 4.79 Å². The first-order valence-corrected chi connectivity index (χ1v) is 9.20. The Bertz CT molecular complexity index is 900. The minimum atomic E-state index is -0.473. The van der Waals surface area contributed by atoms with Crippen molar-refractivity contribution < 1.29 is 19.1 Å². The smallest absolute Gasteiger partial charge is 0.327 e. The molecule has 28 heavy (non-hydrogen) atoms. The molecule has 1 saturated heterocycles. The van der Waals surface area contributed by atoms with Gasteiger partial charge in [0.15, 0.2) is 0 Å². The van der Waals surface area contributed by atoms with E-state index < -0.39 is 6.04 Å². The number of hydrogen-bond acceptors (Lipinski definition) is 4. The van der Waals surface area contributed by atoms with Crippen LogP contribution in [0, 0.1) is 0 Å². The molecule has 0 saturated carbocycles. The van der Waals surface area contributed by atoms with Crippen molar-refractivity contribution in [3.05, 3.63) is 59.7 Å². The van der Waals surface area contributed by atoms with Crippen LogP contribution in [0.2, 0.25) is 0 Å². The normalized spacial score (nSPS) is 18.0. The van der Waals surface area contributed by atoms with E-state index in [0.717, 1.165) is 11.1 Å². The number of para-hydroxylation sites is 2. The molecule has 0 aliphatic carbocycles. The fourth-order valence-corrected chi connectivity index (χ4v) is 3.75. The third-order valence-electron chi connectivity index (χ3n) is 5.22. The van der Waals surface area contributed by atoms with E-state index in [4.69, 9.17) is 4.74 Å². The van der Waals surface area contributed by atoms with E-state index in [1.165, 1.54) is 12.0 Å². The number of carbonyl (C=O) groups is 3. The van der Waals surface area contributed by atoms with Crippen LogP contribution in [-0.4, -0.2) is 47.3 Å². The van der Waals surface area contributed by atoms with E-state index in [0.29, 0.717) is 24.4 Å². The lowest BCUT2D eigenvalue weighted by molar-refractivity contribution is -0.128. The van der Waals surface area contributed by atoms with Gasteiger partial charge in [0.05, 0.1) is 12.8 Å². The average molecular weight is 379 g/mol. The van der Waals surface area contributed by atoms with Crippen LogP contribution in [-0.2, 0) is 22.6 Å². The van der Waals surface area contributed by atoms with Crippen LogP contribution in [0.25, 0.3) is 0 Å². The summed E-state index contributed by atoms with van der Waals surface area (Å²) in [4.78, 5) is 40.6. The second kappa shape index (κ2) is 7.34. The molecule has 7 heteroatoms. The quantitative estimate of drug-likeness (QED) is 0.810. The van der Waals surface area contributed by atoms with Crippen molar-refractivity contribution in [1.29, 1.82) is 0 Å². The maximum absolute atomic E-state index is 12.7. The number of fused-ring (bicyclic) bond motifs is 2. The molecule has 2 aromatic rings. The van der Waals surface area contributed by atoms with Crippen LogP contribution in [0.3, 0.4) is 0 Å². The predicted molar refractivity (Wildman–Crippen MR) is 103 cm³/mol. The van der Waals surface area contributed by atoms with Gasteiger partial charge >= 0.3 is 6.03 Å². The Morgan fingerprint density at radius 3 is 2.61 bits per heavy atom. The Labute approximate surface area is 162 Å². The van der Waals surface area contributed by atoms with Crippen LogP contribution in [0.15, 0.2) is 48.5 Å². The van der Waals surface area contributed by atoms with Crippen molar-refractivity contribution in [3.8, 4) is 5.75 Å². The highest BCUT2D eigenvalue weighted by Crippen LogP contribution is 2.30. The SMILES string of the molecule is COc1ccccc1NC(=O)CCN1C(=O)[C@@H]2Cc3ccccc3CN2C1=O. The predicted octanol–water partition coefficient (Wildman–Crippen LogP) is 2.41. The largest absolute Gasteiger partial charge is 0.495 e. The Morgan fingerprint density at radius 1 is 1.11 bits per heavy atom. The first-order chi connectivity index (χ1) is 13.6. The summed E-state index contributed by atoms with van der Waals surface area (Å²) in [6.07, 6.45) is 0.549. The van der Waals surface area contributed by atoms with Gasteiger partial charge in [-0.1, -0.05) is 36.4 Å². The van der Waals surface area contributed by atoms with Gasteiger partial charge in [-0.3, -0.25) is 14.5 Å². The number of methoxy groups -OCH3 is 1. The number of hydrogen-bond donors (Lipinski definition) is 1. The molecule has 1 N–H and O–H groups in total. The third-order valence-corrected chi connectivity index (χ3v) is 5.22. The van der Waals surface area contributed by atoms with E-state index in [1.807, 2.05) is 30.3 Å². The highest BCUT2D eigenvalue weighted by Gasteiger charge is 2.46. The molecule has 0 bridgehead atoms. The lowest BCUT2D eigenvalue weighted by Crippen LogP contribution is -2.39. The number of nitrogens with one attached hydrogen (secondary N) is 1. The van der Waals surface area contributed by atoms with Gasteiger partial charge in [0, 0.05) is 25.9 Å². The van der Waals surface area contributed by atoms with Gasteiger partial charge in [-0.05, 0) is 23.3 Å². The van der Waals surface area contributed by atoms with Gasteiger partial charge in [0.1, 0.15) is 11.8 Å². The number of benzene rings is 2. The van der Waals surface area contributed by atoms with E-state index in [-0.39, 0.29) is 30.8 Å². The number of amides is 4. The van der Waals surface area contributed by atoms with Crippen LogP contribution < -0.4 is 10.1 Å². The monoisotopic (exact) mass is 379 g/mol. The molecule has 2 heterocycles. The molecule has 144 valence electrons. The Balaban J connectivity index is 1.40. The summed E-state index contributed by atoms with van der Waals surface area (Å²) in [7, 11) is 1.53. The first kappa shape index (κ1) is 18.0. The number of urea groups is 1. The number of anilines is 1. The maximum atomic E-state index is 12.7. The number of rotatable bonds is 5. The summed E-state index contributed by atoms with van der Waals surface area (Å²) >= 11 is 0.